The summed E-state index contributed by atoms with van der Waals surface area (Å²) in [5.74, 6) is 0. The van der Waals surface area contributed by atoms with Gasteiger partial charge in [0, 0.05) is 0 Å². The largest absolute Gasteiger partial charge is 0.394 e. The highest BCUT2D eigenvalue weighted by Gasteiger charge is 2.22. The summed E-state index contributed by atoms with van der Waals surface area (Å²) in [6.07, 6.45) is 5.76. The normalized spacial score (nSPS) is 11.7. The maximum Gasteiger partial charge on any atom is 0.0633 e. The van der Waals surface area contributed by atoms with Crippen molar-refractivity contribution in [1.82, 2.24) is 0 Å². The Balaban J connectivity index is 1.77. The van der Waals surface area contributed by atoms with E-state index in [1.807, 2.05) is 0 Å². The van der Waals surface area contributed by atoms with Crippen molar-refractivity contribution in [2.24, 2.45) is 5.73 Å². The molecule has 0 amide bonds. The Labute approximate surface area is 151 Å². The Kier molecular flexibility index (Phi) is 7.63. The minimum absolute atomic E-state index is 0.194. The van der Waals surface area contributed by atoms with Gasteiger partial charge in [0.25, 0.3) is 0 Å². The van der Waals surface area contributed by atoms with Crippen LogP contribution in [0.4, 0.5) is 0 Å². The van der Waals surface area contributed by atoms with Gasteiger partial charge in [-0.25, -0.2) is 0 Å². The summed E-state index contributed by atoms with van der Waals surface area (Å²) in [5.41, 5.74) is 10.4. The third-order valence-electron chi connectivity index (χ3n) is 4.93. The van der Waals surface area contributed by atoms with Crippen molar-refractivity contribution in [3.63, 3.8) is 0 Å². The van der Waals surface area contributed by atoms with Gasteiger partial charge in [-0.1, -0.05) is 55.5 Å². The molecule has 136 valence electrons. The average molecular weight is 341 g/mol. The molecule has 3 nitrogen and oxygen atoms in total. The van der Waals surface area contributed by atoms with Crippen molar-refractivity contribution in [1.29, 1.82) is 0 Å². The quantitative estimate of drug-likeness (QED) is 0.622. The maximum absolute atomic E-state index is 9.24. The third kappa shape index (κ3) is 6.28. The first-order chi connectivity index (χ1) is 12.1. The molecule has 3 heteroatoms. The molecule has 0 unspecified atom stereocenters. The van der Waals surface area contributed by atoms with Crippen LogP contribution in [-0.4, -0.2) is 29.0 Å². The van der Waals surface area contributed by atoms with Crippen molar-refractivity contribution >= 4 is 0 Å². The first kappa shape index (κ1) is 19.6. The van der Waals surface area contributed by atoms with Crippen molar-refractivity contribution in [2.45, 2.75) is 51.0 Å². The zero-order chi connectivity index (χ0) is 18.1. The number of rotatable bonds is 10. The molecule has 0 heterocycles. The van der Waals surface area contributed by atoms with Crippen LogP contribution in [0.2, 0.25) is 0 Å². The highest BCUT2D eigenvalue weighted by molar-refractivity contribution is 5.25. The van der Waals surface area contributed by atoms with Gasteiger partial charge in [-0.15, -0.1) is 0 Å². The first-order valence-corrected chi connectivity index (χ1v) is 9.25. The number of aliphatic hydroxyl groups excluding tert-OH is 2. The Hall–Kier alpha value is -1.68. The van der Waals surface area contributed by atoms with Crippen LogP contribution in [0.15, 0.2) is 48.5 Å². The van der Waals surface area contributed by atoms with E-state index in [1.54, 1.807) is 0 Å². The van der Waals surface area contributed by atoms with Crippen LogP contribution >= 0.6 is 0 Å². The van der Waals surface area contributed by atoms with Gasteiger partial charge in [0.1, 0.15) is 0 Å². The number of aliphatic hydroxyl groups is 2. The van der Waals surface area contributed by atoms with Crippen molar-refractivity contribution < 1.29 is 10.2 Å². The van der Waals surface area contributed by atoms with E-state index in [-0.39, 0.29) is 13.2 Å². The molecule has 0 atom stereocenters. The van der Waals surface area contributed by atoms with Gasteiger partial charge in [0.15, 0.2) is 0 Å². The monoisotopic (exact) mass is 341 g/mol. The van der Waals surface area contributed by atoms with E-state index in [4.69, 9.17) is 5.73 Å². The zero-order valence-electron chi connectivity index (χ0n) is 15.2. The summed E-state index contributed by atoms with van der Waals surface area (Å²) in [5, 5.41) is 18.5. The Morgan fingerprint density at radius 2 is 1.12 bits per heavy atom. The maximum atomic E-state index is 9.24. The second-order valence-corrected chi connectivity index (χ2v) is 7.02. The van der Waals surface area contributed by atoms with E-state index in [9.17, 15) is 10.2 Å². The van der Waals surface area contributed by atoms with Gasteiger partial charge in [0.05, 0.1) is 18.8 Å². The third-order valence-corrected chi connectivity index (χ3v) is 4.93. The fourth-order valence-electron chi connectivity index (χ4n) is 2.91. The summed E-state index contributed by atoms with van der Waals surface area (Å²) in [7, 11) is 0. The van der Waals surface area contributed by atoms with Crippen molar-refractivity contribution in [2.75, 3.05) is 13.2 Å². The minimum Gasteiger partial charge on any atom is -0.394 e. The Morgan fingerprint density at radius 1 is 0.720 bits per heavy atom. The number of aryl methyl sites for hydroxylation is 4. The lowest BCUT2D eigenvalue weighted by atomic mass is 9.93. The molecule has 0 aliphatic carbocycles. The summed E-state index contributed by atoms with van der Waals surface area (Å²) in [4.78, 5) is 0. The molecule has 4 N–H and O–H groups in total. The fraction of sp³-hybridized carbons (Fsp3) is 0.455. The molecule has 0 fully saturated rings. The lowest BCUT2D eigenvalue weighted by Gasteiger charge is -2.24. The van der Waals surface area contributed by atoms with Gasteiger partial charge in [-0.2, -0.15) is 0 Å². The molecule has 0 aliphatic heterocycles. The zero-order valence-corrected chi connectivity index (χ0v) is 15.2. The summed E-state index contributed by atoms with van der Waals surface area (Å²) in [6, 6.07) is 17.5. The van der Waals surface area contributed by atoms with Crippen LogP contribution in [0.25, 0.3) is 0 Å². The molecule has 2 aromatic rings. The summed E-state index contributed by atoms with van der Waals surface area (Å²) < 4.78 is 0. The number of benzene rings is 2. The predicted octanol–water partition coefficient (Wildman–Crippen LogP) is 3.04. The van der Waals surface area contributed by atoms with Crippen molar-refractivity contribution in [3.8, 4) is 0 Å². The van der Waals surface area contributed by atoms with Gasteiger partial charge in [-0.3, -0.25) is 0 Å². The van der Waals surface area contributed by atoms with Gasteiger partial charge < -0.3 is 15.9 Å². The van der Waals surface area contributed by atoms with E-state index in [0.29, 0.717) is 6.42 Å². The van der Waals surface area contributed by atoms with Crippen LogP contribution in [0, 0.1) is 0 Å². The van der Waals surface area contributed by atoms with E-state index in [2.05, 4.69) is 55.5 Å². The topological polar surface area (TPSA) is 66.5 Å². The predicted molar refractivity (Wildman–Crippen MR) is 104 cm³/mol. The van der Waals surface area contributed by atoms with E-state index >= 15 is 0 Å². The average Bonchev–Trinajstić information content (AvgIpc) is 2.67. The lowest BCUT2D eigenvalue weighted by Crippen LogP contribution is -2.47. The molecule has 0 saturated carbocycles. The highest BCUT2D eigenvalue weighted by Crippen LogP contribution is 2.14. The van der Waals surface area contributed by atoms with Crippen LogP contribution in [0.1, 0.15) is 42.0 Å². The van der Waals surface area contributed by atoms with E-state index in [0.717, 1.165) is 32.1 Å². The molecule has 0 aliphatic rings. The number of hydrogen-bond acceptors (Lipinski definition) is 3. The summed E-state index contributed by atoms with van der Waals surface area (Å²) >= 11 is 0. The standard InChI is InChI=1S/C22H31NO2/c1-2-18-6-8-19(9-7-18)4-3-5-20-10-12-21(13-11-20)14-15-22(23,16-24)17-25/h6-13,24-25H,2-5,14-17,23H2,1H3. The molecule has 2 aromatic carbocycles. The second kappa shape index (κ2) is 9.71. The number of hydrogen-bond donors (Lipinski definition) is 3. The van der Waals surface area contributed by atoms with Crippen LogP contribution in [-0.2, 0) is 25.7 Å². The van der Waals surface area contributed by atoms with E-state index in [1.165, 1.54) is 22.3 Å². The summed E-state index contributed by atoms with van der Waals surface area (Å²) in [6.45, 7) is 1.79. The van der Waals surface area contributed by atoms with E-state index < -0.39 is 5.54 Å². The minimum atomic E-state index is -0.883. The fourth-order valence-corrected chi connectivity index (χ4v) is 2.91. The molecule has 0 radical (unpaired) electrons. The molecule has 0 aromatic heterocycles. The van der Waals surface area contributed by atoms with Gasteiger partial charge in [0.2, 0.25) is 0 Å². The Morgan fingerprint density at radius 3 is 1.52 bits per heavy atom. The first-order valence-electron chi connectivity index (χ1n) is 9.25. The highest BCUT2D eigenvalue weighted by atomic mass is 16.3. The molecule has 0 spiro atoms. The van der Waals surface area contributed by atoms with Crippen LogP contribution < -0.4 is 5.73 Å². The lowest BCUT2D eigenvalue weighted by molar-refractivity contribution is 0.115. The smallest absolute Gasteiger partial charge is 0.0633 e. The van der Waals surface area contributed by atoms with Crippen LogP contribution in [0.5, 0.6) is 0 Å². The molecule has 0 bridgehead atoms. The molecule has 25 heavy (non-hydrogen) atoms. The second-order valence-electron chi connectivity index (χ2n) is 7.02. The van der Waals surface area contributed by atoms with Crippen molar-refractivity contribution in [3.05, 3.63) is 70.8 Å². The molecular formula is C22H31NO2. The molecule has 0 saturated heterocycles. The molecule has 2 rings (SSSR count). The SMILES string of the molecule is CCc1ccc(CCCc2ccc(CCC(N)(CO)CO)cc2)cc1. The molecular weight excluding hydrogens is 310 g/mol. The number of nitrogens with two attached hydrogens (primary N) is 1. The Bertz CT molecular complexity index is 615. The van der Waals surface area contributed by atoms with Gasteiger partial charge in [-0.05, 0) is 60.8 Å². The van der Waals surface area contributed by atoms with Gasteiger partial charge >= 0.3 is 0 Å². The van der Waals surface area contributed by atoms with Crippen LogP contribution in [0.3, 0.4) is 0 Å².